The Morgan fingerprint density at radius 1 is 1.04 bits per heavy atom. The van der Waals surface area contributed by atoms with Crippen molar-refractivity contribution < 1.29 is 32.5 Å². The number of aliphatic hydroxyl groups is 1. The maximum absolute atomic E-state index is 12.7. The lowest BCUT2D eigenvalue weighted by Crippen LogP contribution is -2.21. The molecule has 1 aliphatic rings. The summed E-state index contributed by atoms with van der Waals surface area (Å²) < 4.78 is 54.7. The van der Waals surface area contributed by atoms with Crippen LogP contribution in [0.15, 0.2) is 42.5 Å². The molecule has 4 nitrogen and oxygen atoms in total. The summed E-state index contributed by atoms with van der Waals surface area (Å²) in [5, 5.41) is 9.94. The summed E-state index contributed by atoms with van der Waals surface area (Å²) in [4.78, 5) is 0. The second-order valence-corrected chi connectivity index (χ2v) is 6.87. The van der Waals surface area contributed by atoms with E-state index in [0.29, 0.717) is 24.5 Å². The van der Waals surface area contributed by atoms with Crippen LogP contribution in [0.3, 0.4) is 0 Å². The van der Waals surface area contributed by atoms with Crippen molar-refractivity contribution in [2.75, 3.05) is 27.4 Å². The molecule has 0 aromatic heterocycles. The van der Waals surface area contributed by atoms with E-state index in [4.69, 9.17) is 14.2 Å². The van der Waals surface area contributed by atoms with Gasteiger partial charge in [0.05, 0.1) is 32.5 Å². The summed E-state index contributed by atoms with van der Waals surface area (Å²) in [6.07, 6.45) is -4.13. The number of hydrogen-bond donors (Lipinski definition) is 1. The lowest BCUT2D eigenvalue weighted by atomic mass is 9.84. The number of halogens is 3. The van der Waals surface area contributed by atoms with E-state index in [0.717, 1.165) is 23.3 Å². The van der Waals surface area contributed by atoms with Gasteiger partial charge < -0.3 is 19.3 Å². The van der Waals surface area contributed by atoms with Crippen LogP contribution in [0.2, 0.25) is 0 Å². The van der Waals surface area contributed by atoms with Crippen LogP contribution in [0, 0.1) is 11.8 Å². The number of alkyl halides is 3. The Balaban J connectivity index is 1.75. The van der Waals surface area contributed by atoms with Crippen LogP contribution in [0.1, 0.15) is 22.8 Å². The molecule has 1 fully saturated rings. The third-order valence-corrected chi connectivity index (χ3v) is 5.21. The summed E-state index contributed by atoms with van der Waals surface area (Å²) >= 11 is 0. The van der Waals surface area contributed by atoms with Gasteiger partial charge in [-0.3, -0.25) is 0 Å². The Labute approximate surface area is 161 Å². The molecule has 28 heavy (non-hydrogen) atoms. The highest BCUT2D eigenvalue weighted by molar-refractivity contribution is 5.44. The molecule has 0 amide bonds. The second kappa shape index (κ2) is 8.41. The van der Waals surface area contributed by atoms with Crippen LogP contribution in [-0.2, 0) is 17.3 Å². The minimum atomic E-state index is -4.35. The molecule has 1 N–H and O–H groups in total. The van der Waals surface area contributed by atoms with Crippen molar-refractivity contribution in [3.63, 3.8) is 0 Å². The van der Waals surface area contributed by atoms with Gasteiger partial charge in [-0.15, -0.1) is 0 Å². The minimum absolute atomic E-state index is 0.000154. The molecule has 1 saturated heterocycles. The van der Waals surface area contributed by atoms with Gasteiger partial charge in [0.15, 0.2) is 11.5 Å². The first-order chi connectivity index (χ1) is 13.4. The average Bonchev–Trinajstić information content (AvgIpc) is 3.09. The molecule has 1 aliphatic heterocycles. The van der Waals surface area contributed by atoms with Crippen LogP contribution in [-0.4, -0.2) is 32.5 Å². The van der Waals surface area contributed by atoms with E-state index in [2.05, 4.69) is 0 Å². The molecule has 0 spiro atoms. The van der Waals surface area contributed by atoms with E-state index in [9.17, 15) is 18.3 Å². The predicted octanol–water partition coefficient (Wildman–Crippen LogP) is 4.26. The van der Waals surface area contributed by atoms with Crippen LogP contribution >= 0.6 is 0 Å². The van der Waals surface area contributed by atoms with E-state index in [1.807, 2.05) is 12.1 Å². The van der Waals surface area contributed by atoms with Crippen molar-refractivity contribution in [3.8, 4) is 11.5 Å². The normalized spacial score (nSPS) is 22.3. The predicted molar refractivity (Wildman–Crippen MR) is 97.5 cm³/mol. The fraction of sp³-hybridized carbons (Fsp3) is 0.429. The smallest absolute Gasteiger partial charge is 0.416 e. The van der Waals surface area contributed by atoms with Crippen LogP contribution in [0.25, 0.3) is 0 Å². The van der Waals surface area contributed by atoms with Gasteiger partial charge in [0.1, 0.15) is 0 Å². The summed E-state index contributed by atoms with van der Waals surface area (Å²) in [7, 11) is 3.11. The van der Waals surface area contributed by atoms with Crippen LogP contribution in [0.5, 0.6) is 11.5 Å². The quantitative estimate of drug-likeness (QED) is 0.793. The zero-order valence-electron chi connectivity index (χ0n) is 15.7. The minimum Gasteiger partial charge on any atom is -0.493 e. The fourth-order valence-corrected chi connectivity index (χ4v) is 3.68. The summed E-state index contributed by atoms with van der Waals surface area (Å²) in [6, 6.07) is 10.6. The zero-order chi connectivity index (χ0) is 20.3. The molecule has 0 aliphatic carbocycles. The molecule has 2 aromatic rings. The topological polar surface area (TPSA) is 47.9 Å². The molecular weight excluding hydrogens is 373 g/mol. The lowest BCUT2D eigenvalue weighted by Gasteiger charge is -2.22. The van der Waals surface area contributed by atoms with Gasteiger partial charge >= 0.3 is 6.18 Å². The first-order valence-electron chi connectivity index (χ1n) is 8.98. The molecule has 3 atom stereocenters. The Morgan fingerprint density at radius 2 is 1.71 bits per heavy atom. The summed E-state index contributed by atoms with van der Waals surface area (Å²) in [6.45, 7) is 0.343. The Bertz CT molecular complexity index is 789. The van der Waals surface area contributed by atoms with Gasteiger partial charge in [-0.05, 0) is 47.7 Å². The maximum atomic E-state index is 12.7. The van der Waals surface area contributed by atoms with E-state index >= 15 is 0 Å². The third kappa shape index (κ3) is 4.25. The Kier molecular flexibility index (Phi) is 6.15. The first kappa shape index (κ1) is 20.5. The van der Waals surface area contributed by atoms with Gasteiger partial charge in [0.25, 0.3) is 0 Å². The van der Waals surface area contributed by atoms with E-state index < -0.39 is 11.7 Å². The van der Waals surface area contributed by atoms with Gasteiger partial charge in [-0.2, -0.15) is 13.2 Å². The highest BCUT2D eigenvalue weighted by atomic mass is 19.4. The molecule has 0 saturated carbocycles. The van der Waals surface area contributed by atoms with E-state index in [1.54, 1.807) is 20.3 Å². The highest BCUT2D eigenvalue weighted by Gasteiger charge is 2.38. The number of hydrogen-bond acceptors (Lipinski definition) is 4. The van der Waals surface area contributed by atoms with Gasteiger partial charge in [-0.25, -0.2) is 0 Å². The maximum Gasteiger partial charge on any atom is 0.416 e. The number of ether oxygens (including phenoxy) is 3. The molecule has 2 aromatic carbocycles. The van der Waals surface area contributed by atoms with Gasteiger partial charge in [-0.1, -0.05) is 18.2 Å². The SMILES string of the molecule is COc1ccc([C@H]2OC[C@H](Cc3ccc(C(F)(F)F)cc3)[C@@H]2CO)cc1OC. The van der Waals surface area contributed by atoms with Gasteiger partial charge in [0, 0.05) is 12.5 Å². The number of methoxy groups -OCH3 is 2. The molecule has 1 heterocycles. The highest BCUT2D eigenvalue weighted by Crippen LogP contribution is 2.42. The summed E-state index contributed by atoms with van der Waals surface area (Å²) in [5.74, 6) is 1.01. The van der Waals surface area contributed by atoms with Crippen molar-refractivity contribution >= 4 is 0 Å². The number of rotatable bonds is 6. The van der Waals surface area contributed by atoms with Crippen molar-refractivity contribution in [1.29, 1.82) is 0 Å². The molecule has 0 unspecified atom stereocenters. The van der Waals surface area contributed by atoms with Gasteiger partial charge in [0.2, 0.25) is 0 Å². The number of aliphatic hydroxyl groups excluding tert-OH is 1. The van der Waals surface area contributed by atoms with Crippen molar-refractivity contribution in [1.82, 2.24) is 0 Å². The molecule has 0 bridgehead atoms. The Hall–Kier alpha value is -2.25. The fourth-order valence-electron chi connectivity index (χ4n) is 3.68. The lowest BCUT2D eigenvalue weighted by molar-refractivity contribution is -0.137. The van der Waals surface area contributed by atoms with Crippen molar-refractivity contribution in [2.24, 2.45) is 11.8 Å². The molecule has 152 valence electrons. The molecule has 3 rings (SSSR count). The standard InChI is InChI=1S/C21H23F3O4/c1-26-18-8-5-14(10-19(18)27-2)20-17(11-25)15(12-28-20)9-13-3-6-16(7-4-13)21(22,23)24/h3-8,10,15,17,20,25H,9,11-12H2,1-2H3/t15-,17-,20+/m0/s1. The van der Waals surface area contributed by atoms with Crippen LogP contribution in [0.4, 0.5) is 13.2 Å². The van der Waals surface area contributed by atoms with Crippen molar-refractivity contribution in [2.45, 2.75) is 18.7 Å². The molecule has 0 radical (unpaired) electrons. The van der Waals surface area contributed by atoms with E-state index in [1.165, 1.54) is 12.1 Å². The van der Waals surface area contributed by atoms with Crippen molar-refractivity contribution in [3.05, 3.63) is 59.2 Å². The largest absolute Gasteiger partial charge is 0.493 e. The third-order valence-electron chi connectivity index (χ3n) is 5.21. The summed E-state index contributed by atoms with van der Waals surface area (Å²) in [5.41, 5.74) is 0.987. The van der Waals surface area contributed by atoms with Crippen LogP contribution < -0.4 is 9.47 Å². The average molecular weight is 396 g/mol. The van der Waals surface area contributed by atoms with E-state index in [-0.39, 0.29) is 24.5 Å². The number of benzene rings is 2. The molecular formula is C21H23F3O4. The monoisotopic (exact) mass is 396 g/mol. The second-order valence-electron chi connectivity index (χ2n) is 6.87. The first-order valence-corrected chi connectivity index (χ1v) is 8.98. The Morgan fingerprint density at radius 3 is 2.29 bits per heavy atom. The molecule has 7 heteroatoms. The zero-order valence-corrected chi connectivity index (χ0v) is 15.7.